The Balaban J connectivity index is 2.29. The summed E-state index contributed by atoms with van der Waals surface area (Å²) in [5.74, 6) is 0. The maximum Gasteiger partial charge on any atom is 0.293 e. The number of rotatable bonds is 3. The number of nitrogens with zero attached hydrogens (tertiary/aromatic N) is 1. The van der Waals surface area contributed by atoms with Crippen LogP contribution >= 0.6 is 23.2 Å². The number of hydrogen-bond acceptors (Lipinski definition) is 5. The molecule has 3 unspecified atom stereocenters. The SMILES string of the molecule is O=[N+]([O-])c1cc(Cl)c(Cl)cc1NC1CCC(O)C1O. The van der Waals surface area contributed by atoms with E-state index in [1.165, 1.54) is 6.07 Å². The van der Waals surface area contributed by atoms with Crippen molar-refractivity contribution < 1.29 is 15.1 Å². The zero-order valence-corrected chi connectivity index (χ0v) is 11.2. The zero-order valence-electron chi connectivity index (χ0n) is 9.72. The molecule has 1 aliphatic rings. The molecule has 19 heavy (non-hydrogen) atoms. The van der Waals surface area contributed by atoms with Gasteiger partial charge in [-0.25, -0.2) is 0 Å². The minimum Gasteiger partial charge on any atom is -0.390 e. The standard InChI is InChI=1S/C11H12Cl2N2O4/c12-5-3-8(9(15(18)19)4-6(5)13)14-7-1-2-10(16)11(7)17/h3-4,7,10-11,14,16-17H,1-2H2. The Morgan fingerprint density at radius 1 is 1.26 bits per heavy atom. The predicted octanol–water partition coefficient (Wildman–Crippen LogP) is 2.20. The first-order valence-corrected chi connectivity index (χ1v) is 6.42. The summed E-state index contributed by atoms with van der Waals surface area (Å²) in [7, 11) is 0. The summed E-state index contributed by atoms with van der Waals surface area (Å²) in [5.41, 5.74) is -0.0412. The van der Waals surface area contributed by atoms with Crippen LogP contribution in [0.2, 0.25) is 10.0 Å². The van der Waals surface area contributed by atoms with Crippen LogP contribution in [-0.2, 0) is 0 Å². The molecule has 1 saturated carbocycles. The Hall–Kier alpha value is -1.08. The summed E-state index contributed by atoms with van der Waals surface area (Å²) in [6.07, 6.45) is -0.832. The van der Waals surface area contributed by atoms with Crippen molar-refractivity contribution in [3.05, 3.63) is 32.3 Å². The monoisotopic (exact) mass is 306 g/mol. The lowest BCUT2D eigenvalue weighted by atomic mass is 10.1. The molecule has 1 aromatic rings. The summed E-state index contributed by atoms with van der Waals surface area (Å²) < 4.78 is 0. The maximum atomic E-state index is 11.0. The highest BCUT2D eigenvalue weighted by atomic mass is 35.5. The molecule has 0 amide bonds. The van der Waals surface area contributed by atoms with Crippen LogP contribution < -0.4 is 5.32 Å². The fourth-order valence-corrected chi connectivity index (χ4v) is 2.44. The van der Waals surface area contributed by atoms with E-state index < -0.39 is 23.2 Å². The van der Waals surface area contributed by atoms with Crippen LogP contribution in [0.15, 0.2) is 12.1 Å². The van der Waals surface area contributed by atoms with Crippen LogP contribution in [0.1, 0.15) is 12.8 Å². The zero-order chi connectivity index (χ0) is 14.2. The van der Waals surface area contributed by atoms with Crippen LogP contribution in [0.4, 0.5) is 11.4 Å². The van der Waals surface area contributed by atoms with Gasteiger partial charge in [0.25, 0.3) is 5.69 Å². The van der Waals surface area contributed by atoms with E-state index in [-0.39, 0.29) is 21.4 Å². The van der Waals surface area contributed by atoms with Gasteiger partial charge in [-0.15, -0.1) is 0 Å². The van der Waals surface area contributed by atoms with E-state index in [1.54, 1.807) is 0 Å². The summed E-state index contributed by atoms with van der Waals surface area (Å²) in [4.78, 5) is 10.4. The molecule has 1 fully saturated rings. The van der Waals surface area contributed by atoms with E-state index in [9.17, 15) is 20.3 Å². The molecular weight excluding hydrogens is 295 g/mol. The number of hydrogen-bond donors (Lipinski definition) is 3. The summed E-state index contributed by atoms with van der Waals surface area (Å²) in [5, 5.41) is 33.3. The molecule has 0 spiro atoms. The lowest BCUT2D eigenvalue weighted by molar-refractivity contribution is -0.384. The fourth-order valence-electron chi connectivity index (χ4n) is 2.12. The van der Waals surface area contributed by atoms with Gasteiger partial charge in [0.1, 0.15) is 5.69 Å². The molecular formula is C11H12Cl2N2O4. The number of aliphatic hydroxyl groups is 2. The largest absolute Gasteiger partial charge is 0.390 e. The smallest absolute Gasteiger partial charge is 0.293 e. The van der Waals surface area contributed by atoms with Crippen LogP contribution in [0.3, 0.4) is 0 Å². The molecule has 0 bridgehead atoms. The van der Waals surface area contributed by atoms with Gasteiger partial charge in [0.15, 0.2) is 0 Å². The summed E-state index contributed by atoms with van der Waals surface area (Å²) in [6, 6.07) is 2.05. The number of anilines is 1. The molecule has 0 heterocycles. The summed E-state index contributed by atoms with van der Waals surface area (Å²) >= 11 is 11.6. The minimum absolute atomic E-state index is 0.0888. The molecule has 0 aliphatic heterocycles. The predicted molar refractivity (Wildman–Crippen MR) is 71.8 cm³/mol. The molecule has 1 aromatic carbocycles. The van der Waals surface area contributed by atoms with E-state index in [0.717, 1.165) is 6.07 Å². The first-order valence-electron chi connectivity index (χ1n) is 5.66. The van der Waals surface area contributed by atoms with Gasteiger partial charge in [0.2, 0.25) is 0 Å². The molecule has 104 valence electrons. The van der Waals surface area contributed by atoms with Gasteiger partial charge in [-0.3, -0.25) is 10.1 Å². The third-order valence-corrected chi connectivity index (χ3v) is 3.88. The number of nitro groups is 1. The number of nitrogens with one attached hydrogen (secondary N) is 1. The molecule has 8 heteroatoms. The maximum absolute atomic E-state index is 11.0. The topological polar surface area (TPSA) is 95.6 Å². The number of aliphatic hydroxyl groups excluding tert-OH is 2. The second kappa shape index (κ2) is 5.50. The Bertz CT molecular complexity index is 512. The normalized spacial score (nSPS) is 26.4. The van der Waals surface area contributed by atoms with E-state index >= 15 is 0 Å². The lowest BCUT2D eigenvalue weighted by Crippen LogP contribution is -2.34. The highest BCUT2D eigenvalue weighted by Gasteiger charge is 2.34. The third-order valence-electron chi connectivity index (χ3n) is 3.16. The first kappa shape index (κ1) is 14.3. The second-order valence-electron chi connectivity index (χ2n) is 4.43. The van der Waals surface area contributed by atoms with Crippen molar-refractivity contribution in [2.45, 2.75) is 31.1 Å². The van der Waals surface area contributed by atoms with Crippen molar-refractivity contribution in [2.24, 2.45) is 0 Å². The molecule has 0 saturated heterocycles. The van der Waals surface area contributed by atoms with Gasteiger partial charge < -0.3 is 15.5 Å². The molecule has 3 atom stereocenters. The average molecular weight is 307 g/mol. The Morgan fingerprint density at radius 3 is 2.42 bits per heavy atom. The van der Waals surface area contributed by atoms with Crippen LogP contribution in [0, 0.1) is 10.1 Å². The fraction of sp³-hybridized carbons (Fsp3) is 0.455. The lowest BCUT2D eigenvalue weighted by Gasteiger charge is -2.19. The Kier molecular flexibility index (Phi) is 4.15. The first-order chi connectivity index (χ1) is 8.90. The van der Waals surface area contributed by atoms with Gasteiger partial charge in [-0.1, -0.05) is 23.2 Å². The minimum atomic E-state index is -0.964. The van der Waals surface area contributed by atoms with Crippen molar-refractivity contribution in [1.29, 1.82) is 0 Å². The van der Waals surface area contributed by atoms with Crippen molar-refractivity contribution >= 4 is 34.6 Å². The van der Waals surface area contributed by atoms with Gasteiger partial charge in [0, 0.05) is 6.07 Å². The molecule has 3 N–H and O–H groups in total. The summed E-state index contributed by atoms with van der Waals surface area (Å²) in [6.45, 7) is 0. The number of benzene rings is 1. The van der Waals surface area contributed by atoms with E-state index in [0.29, 0.717) is 12.8 Å². The molecule has 0 radical (unpaired) electrons. The Morgan fingerprint density at radius 2 is 1.89 bits per heavy atom. The molecule has 1 aliphatic carbocycles. The van der Waals surface area contributed by atoms with Gasteiger partial charge in [-0.05, 0) is 18.9 Å². The van der Waals surface area contributed by atoms with Crippen molar-refractivity contribution in [3.8, 4) is 0 Å². The van der Waals surface area contributed by atoms with Crippen LogP contribution in [0.5, 0.6) is 0 Å². The van der Waals surface area contributed by atoms with Crippen molar-refractivity contribution in [3.63, 3.8) is 0 Å². The molecule has 6 nitrogen and oxygen atoms in total. The average Bonchev–Trinajstić information content (AvgIpc) is 2.65. The van der Waals surface area contributed by atoms with Crippen molar-refractivity contribution in [2.75, 3.05) is 5.32 Å². The van der Waals surface area contributed by atoms with Gasteiger partial charge >= 0.3 is 0 Å². The highest BCUT2D eigenvalue weighted by Crippen LogP contribution is 2.35. The van der Waals surface area contributed by atoms with Gasteiger partial charge in [-0.2, -0.15) is 0 Å². The third kappa shape index (κ3) is 2.92. The van der Waals surface area contributed by atoms with Crippen LogP contribution in [-0.4, -0.2) is 33.4 Å². The molecule has 2 rings (SSSR count). The van der Waals surface area contributed by atoms with E-state index in [1.807, 2.05) is 0 Å². The van der Waals surface area contributed by atoms with E-state index in [2.05, 4.69) is 5.32 Å². The number of nitro benzene ring substituents is 1. The van der Waals surface area contributed by atoms with Crippen molar-refractivity contribution in [1.82, 2.24) is 0 Å². The Labute approximate surface area is 119 Å². The number of halogens is 2. The quantitative estimate of drug-likeness (QED) is 0.587. The van der Waals surface area contributed by atoms with Crippen LogP contribution in [0.25, 0.3) is 0 Å². The highest BCUT2D eigenvalue weighted by molar-refractivity contribution is 6.42. The van der Waals surface area contributed by atoms with Gasteiger partial charge in [0.05, 0.1) is 33.2 Å². The molecule has 0 aromatic heterocycles. The van der Waals surface area contributed by atoms with E-state index in [4.69, 9.17) is 23.2 Å². The second-order valence-corrected chi connectivity index (χ2v) is 5.24.